The third-order valence-electron chi connectivity index (χ3n) is 2.59. The zero-order valence-corrected chi connectivity index (χ0v) is 13.1. The third kappa shape index (κ3) is 3.29. The summed E-state index contributed by atoms with van der Waals surface area (Å²) in [6, 6.07) is 3.79. The lowest BCUT2D eigenvalue weighted by Gasteiger charge is -2.13. The Hall–Kier alpha value is -1.59. The number of benzene rings is 1. The second-order valence-electron chi connectivity index (χ2n) is 4.55. The van der Waals surface area contributed by atoms with Crippen molar-refractivity contribution >= 4 is 29.2 Å². The van der Waals surface area contributed by atoms with Crippen LogP contribution in [0.4, 0.5) is 5.95 Å². The normalized spacial score (nSPS) is 10.5. The van der Waals surface area contributed by atoms with Gasteiger partial charge < -0.3 is 9.64 Å². The lowest BCUT2D eigenvalue weighted by atomic mass is 10.1. The highest BCUT2D eigenvalue weighted by atomic mass is 35.5. The van der Waals surface area contributed by atoms with E-state index >= 15 is 0 Å². The molecule has 1 aromatic heterocycles. The Morgan fingerprint density at radius 3 is 2.15 bits per heavy atom. The number of rotatable bonds is 3. The Morgan fingerprint density at radius 1 is 1.00 bits per heavy atom. The zero-order valence-electron chi connectivity index (χ0n) is 11.6. The molecule has 2 rings (SSSR count). The highest BCUT2D eigenvalue weighted by Crippen LogP contribution is 2.30. The number of ether oxygens (including phenoxy) is 1. The topological polar surface area (TPSA) is 51.1 Å². The predicted molar refractivity (Wildman–Crippen MR) is 80.2 cm³/mol. The lowest BCUT2D eigenvalue weighted by molar-refractivity contribution is 0.433. The molecule has 0 atom stereocenters. The van der Waals surface area contributed by atoms with Gasteiger partial charge in [-0.15, -0.1) is 0 Å². The first-order chi connectivity index (χ1) is 9.36. The van der Waals surface area contributed by atoms with Gasteiger partial charge in [0.1, 0.15) is 5.75 Å². The number of anilines is 1. The molecular weight excluding hydrogens is 299 g/mol. The maximum absolute atomic E-state index is 5.99. The van der Waals surface area contributed by atoms with E-state index in [1.54, 1.807) is 4.90 Å². The van der Waals surface area contributed by atoms with E-state index in [-0.39, 0.29) is 11.3 Å². The molecule has 106 valence electrons. The van der Waals surface area contributed by atoms with Crippen LogP contribution in [0.1, 0.15) is 11.1 Å². The molecule has 2 aromatic rings. The fraction of sp³-hybridized carbons (Fsp3) is 0.308. The van der Waals surface area contributed by atoms with Crippen LogP contribution in [0.3, 0.4) is 0 Å². The molecule has 0 aliphatic carbocycles. The Bertz CT molecular complexity index is 623. The first-order valence-electron chi connectivity index (χ1n) is 5.90. The maximum atomic E-state index is 5.99. The van der Waals surface area contributed by atoms with Crippen LogP contribution in [0.5, 0.6) is 11.8 Å². The van der Waals surface area contributed by atoms with Gasteiger partial charge in [-0.3, -0.25) is 0 Å². The monoisotopic (exact) mass is 312 g/mol. The van der Waals surface area contributed by atoms with Gasteiger partial charge in [-0.2, -0.15) is 15.0 Å². The minimum absolute atomic E-state index is 0.0861. The van der Waals surface area contributed by atoms with Crippen LogP contribution < -0.4 is 9.64 Å². The standard InChI is InChI=1S/C13H14Cl2N4O/c1-7-5-9(14)6-8(2)10(7)20-13-17-11(15)16-12(18-13)19(3)4/h5-6H,1-4H3. The van der Waals surface area contributed by atoms with Gasteiger partial charge >= 0.3 is 6.01 Å². The molecule has 0 aliphatic rings. The third-order valence-corrected chi connectivity index (χ3v) is 2.98. The second-order valence-corrected chi connectivity index (χ2v) is 5.33. The summed E-state index contributed by atoms with van der Waals surface area (Å²) in [6.45, 7) is 3.81. The van der Waals surface area contributed by atoms with Crippen molar-refractivity contribution in [1.29, 1.82) is 0 Å². The fourth-order valence-electron chi connectivity index (χ4n) is 1.72. The summed E-state index contributed by atoms with van der Waals surface area (Å²) >= 11 is 11.9. The Balaban J connectivity index is 2.40. The van der Waals surface area contributed by atoms with E-state index < -0.39 is 0 Å². The van der Waals surface area contributed by atoms with Crippen molar-refractivity contribution in [1.82, 2.24) is 15.0 Å². The van der Waals surface area contributed by atoms with E-state index in [0.29, 0.717) is 16.7 Å². The average molecular weight is 313 g/mol. The van der Waals surface area contributed by atoms with E-state index in [9.17, 15) is 0 Å². The molecule has 7 heteroatoms. The molecule has 0 saturated carbocycles. The summed E-state index contributed by atoms with van der Waals surface area (Å²) in [6.07, 6.45) is 0. The molecule has 0 radical (unpaired) electrons. The molecule has 0 N–H and O–H groups in total. The molecule has 1 aromatic carbocycles. The van der Waals surface area contributed by atoms with Gasteiger partial charge in [0.2, 0.25) is 11.2 Å². The van der Waals surface area contributed by atoms with Gasteiger partial charge in [-0.1, -0.05) is 11.6 Å². The van der Waals surface area contributed by atoms with E-state index in [1.165, 1.54) is 0 Å². The molecule has 1 heterocycles. The van der Waals surface area contributed by atoms with Crippen molar-refractivity contribution < 1.29 is 4.74 Å². The van der Waals surface area contributed by atoms with Crippen LogP contribution in [-0.4, -0.2) is 29.0 Å². The number of halogens is 2. The molecule has 0 aliphatic heterocycles. The van der Waals surface area contributed by atoms with E-state index in [2.05, 4.69) is 15.0 Å². The molecule has 0 fully saturated rings. The van der Waals surface area contributed by atoms with Crippen molar-refractivity contribution in [3.8, 4) is 11.8 Å². The van der Waals surface area contributed by atoms with Gasteiger partial charge in [-0.05, 0) is 48.7 Å². The van der Waals surface area contributed by atoms with Crippen LogP contribution in [-0.2, 0) is 0 Å². The maximum Gasteiger partial charge on any atom is 0.328 e. The minimum Gasteiger partial charge on any atom is -0.424 e. The highest BCUT2D eigenvalue weighted by Gasteiger charge is 2.12. The van der Waals surface area contributed by atoms with Crippen LogP contribution >= 0.6 is 23.2 Å². The van der Waals surface area contributed by atoms with Crippen LogP contribution in [0.25, 0.3) is 0 Å². The molecule has 20 heavy (non-hydrogen) atoms. The SMILES string of the molecule is Cc1cc(Cl)cc(C)c1Oc1nc(Cl)nc(N(C)C)n1. The van der Waals surface area contributed by atoms with Gasteiger partial charge in [0.05, 0.1) is 0 Å². The molecular formula is C13H14Cl2N4O. The van der Waals surface area contributed by atoms with E-state index in [1.807, 2.05) is 40.1 Å². The Labute approximate surface area is 127 Å². The number of aryl methyl sites for hydroxylation is 2. The molecule has 0 amide bonds. The van der Waals surface area contributed by atoms with E-state index in [0.717, 1.165) is 11.1 Å². The van der Waals surface area contributed by atoms with E-state index in [4.69, 9.17) is 27.9 Å². The van der Waals surface area contributed by atoms with Crippen LogP contribution in [0.2, 0.25) is 10.3 Å². The Morgan fingerprint density at radius 2 is 1.60 bits per heavy atom. The summed E-state index contributed by atoms with van der Waals surface area (Å²) in [5.74, 6) is 1.10. The van der Waals surface area contributed by atoms with Gasteiger partial charge in [-0.25, -0.2) is 0 Å². The van der Waals surface area contributed by atoms with Gasteiger partial charge in [0, 0.05) is 19.1 Å². The quantitative estimate of drug-likeness (QED) is 0.865. The summed E-state index contributed by atoms with van der Waals surface area (Å²) < 4.78 is 5.73. The minimum atomic E-state index is 0.0861. The number of aromatic nitrogens is 3. The van der Waals surface area contributed by atoms with Crippen molar-refractivity contribution in [2.75, 3.05) is 19.0 Å². The van der Waals surface area contributed by atoms with Crippen molar-refractivity contribution in [2.45, 2.75) is 13.8 Å². The number of hydrogen-bond donors (Lipinski definition) is 0. The summed E-state index contributed by atoms with van der Waals surface area (Å²) in [5, 5.41) is 0.748. The largest absolute Gasteiger partial charge is 0.424 e. The first-order valence-corrected chi connectivity index (χ1v) is 6.66. The summed E-state index contributed by atoms with van der Waals surface area (Å²) in [5.41, 5.74) is 1.80. The first kappa shape index (κ1) is 14.8. The van der Waals surface area contributed by atoms with Crippen molar-refractivity contribution in [3.05, 3.63) is 33.6 Å². The number of nitrogens with zero attached hydrogens (tertiary/aromatic N) is 4. The number of hydrogen-bond acceptors (Lipinski definition) is 5. The highest BCUT2D eigenvalue weighted by molar-refractivity contribution is 6.30. The molecule has 0 spiro atoms. The van der Waals surface area contributed by atoms with Gasteiger partial charge in [0.25, 0.3) is 0 Å². The van der Waals surface area contributed by atoms with Crippen LogP contribution in [0, 0.1) is 13.8 Å². The predicted octanol–water partition coefficient (Wildman–Crippen LogP) is 3.65. The lowest BCUT2D eigenvalue weighted by Crippen LogP contribution is -2.14. The molecule has 0 bridgehead atoms. The Kier molecular flexibility index (Phi) is 4.30. The van der Waals surface area contributed by atoms with Gasteiger partial charge in [0.15, 0.2) is 0 Å². The molecule has 0 saturated heterocycles. The average Bonchev–Trinajstić information content (AvgIpc) is 2.33. The fourth-order valence-corrected chi connectivity index (χ4v) is 2.19. The summed E-state index contributed by atoms with van der Waals surface area (Å²) in [4.78, 5) is 13.9. The molecule has 5 nitrogen and oxygen atoms in total. The second kappa shape index (κ2) is 5.81. The molecule has 0 unspecified atom stereocenters. The summed E-state index contributed by atoms with van der Waals surface area (Å²) in [7, 11) is 3.63. The van der Waals surface area contributed by atoms with Crippen molar-refractivity contribution in [2.24, 2.45) is 0 Å². The zero-order chi connectivity index (χ0) is 14.9. The smallest absolute Gasteiger partial charge is 0.328 e. The van der Waals surface area contributed by atoms with Crippen LogP contribution in [0.15, 0.2) is 12.1 Å². The van der Waals surface area contributed by atoms with Crippen molar-refractivity contribution in [3.63, 3.8) is 0 Å².